The first-order valence-electron chi connectivity index (χ1n) is 7.90. The second kappa shape index (κ2) is 5.53. The Morgan fingerprint density at radius 3 is 2.00 bits per heavy atom. The summed E-state index contributed by atoms with van der Waals surface area (Å²) < 4.78 is 0. The van der Waals surface area contributed by atoms with Crippen LogP contribution in [0.4, 0.5) is 0 Å². The molecule has 0 atom stereocenters. The lowest BCUT2D eigenvalue weighted by Crippen LogP contribution is -2.24. The lowest BCUT2D eigenvalue weighted by atomic mass is 9.77. The third kappa shape index (κ3) is 2.10. The summed E-state index contributed by atoms with van der Waals surface area (Å²) in [5.74, 6) is 0.203. The highest BCUT2D eigenvalue weighted by molar-refractivity contribution is 6.29. The first-order valence-corrected chi connectivity index (χ1v) is 7.90. The Morgan fingerprint density at radius 2 is 1.45 bits per heavy atom. The highest BCUT2D eigenvalue weighted by Crippen LogP contribution is 2.35. The lowest BCUT2D eigenvalue weighted by Gasteiger charge is -2.24. The summed E-state index contributed by atoms with van der Waals surface area (Å²) in [5.41, 5.74) is 4.31. The van der Waals surface area contributed by atoms with Crippen LogP contribution in [0.25, 0.3) is 0 Å². The topological polar surface area (TPSA) is 34.1 Å². The van der Waals surface area contributed by atoms with Crippen LogP contribution in [0.3, 0.4) is 0 Å². The fraction of sp³-hybridized carbons (Fsp3) is 0.300. The maximum absolute atomic E-state index is 13.0. The monoisotopic (exact) mass is 292 g/mol. The molecule has 0 N–H and O–H groups in total. The van der Waals surface area contributed by atoms with Crippen LogP contribution in [0.1, 0.15) is 76.1 Å². The van der Waals surface area contributed by atoms with E-state index >= 15 is 0 Å². The van der Waals surface area contributed by atoms with E-state index in [1.807, 2.05) is 24.3 Å². The van der Waals surface area contributed by atoms with Gasteiger partial charge in [0.05, 0.1) is 0 Å². The fourth-order valence-electron chi connectivity index (χ4n) is 3.27. The average Bonchev–Trinajstić information content (AvgIpc) is 2.52. The molecule has 1 aliphatic carbocycles. The van der Waals surface area contributed by atoms with Crippen molar-refractivity contribution in [1.82, 2.24) is 0 Å². The molecule has 0 saturated carbocycles. The van der Waals surface area contributed by atoms with Crippen molar-refractivity contribution >= 4 is 11.6 Å². The number of fused-ring (bicyclic) bond motifs is 2. The van der Waals surface area contributed by atoms with Gasteiger partial charge in [0.2, 0.25) is 0 Å². The molecule has 2 aromatic carbocycles. The van der Waals surface area contributed by atoms with E-state index in [1.54, 1.807) is 12.1 Å². The van der Waals surface area contributed by atoms with E-state index in [0.717, 1.165) is 24.0 Å². The third-order valence-electron chi connectivity index (χ3n) is 4.34. The minimum Gasteiger partial charge on any atom is -0.289 e. The first-order chi connectivity index (χ1) is 10.6. The van der Waals surface area contributed by atoms with Crippen molar-refractivity contribution in [3.05, 3.63) is 69.8 Å². The van der Waals surface area contributed by atoms with E-state index in [9.17, 15) is 9.59 Å². The maximum Gasteiger partial charge on any atom is 0.194 e. The standard InChI is InChI=1S/C20H20O2/c1-4-7-13-10-11-14(12(2)3)18-17(13)19(21)15-8-5-6-9-16(15)20(18)22/h5-6,8-12H,4,7H2,1-3H3. The molecule has 0 fully saturated rings. The number of hydrogen-bond acceptors (Lipinski definition) is 2. The molecule has 0 heterocycles. The SMILES string of the molecule is CCCc1ccc(C(C)C)c2c1C(=O)c1ccccc1C2=O. The smallest absolute Gasteiger partial charge is 0.194 e. The number of aryl methyl sites for hydroxylation is 1. The summed E-state index contributed by atoms with van der Waals surface area (Å²) in [6.07, 6.45) is 1.78. The number of hydrogen-bond donors (Lipinski definition) is 0. The zero-order valence-electron chi connectivity index (χ0n) is 13.3. The quantitative estimate of drug-likeness (QED) is 0.710. The Labute approximate surface area is 131 Å². The van der Waals surface area contributed by atoms with Gasteiger partial charge < -0.3 is 0 Å². The van der Waals surface area contributed by atoms with Gasteiger partial charge in [0, 0.05) is 22.3 Å². The van der Waals surface area contributed by atoms with Crippen LogP contribution in [-0.4, -0.2) is 11.6 Å². The number of carbonyl (C=O) groups excluding carboxylic acids is 2. The van der Waals surface area contributed by atoms with Crippen LogP contribution in [0.5, 0.6) is 0 Å². The van der Waals surface area contributed by atoms with E-state index < -0.39 is 0 Å². The molecule has 0 bridgehead atoms. The van der Waals surface area contributed by atoms with Gasteiger partial charge in [0.1, 0.15) is 0 Å². The second-order valence-corrected chi connectivity index (χ2v) is 6.17. The number of rotatable bonds is 3. The molecule has 2 nitrogen and oxygen atoms in total. The van der Waals surface area contributed by atoms with E-state index in [1.165, 1.54) is 0 Å². The Hall–Kier alpha value is -2.22. The van der Waals surface area contributed by atoms with Gasteiger partial charge in [0.25, 0.3) is 0 Å². The summed E-state index contributed by atoms with van der Waals surface area (Å²) in [6.45, 7) is 6.21. The summed E-state index contributed by atoms with van der Waals surface area (Å²) in [7, 11) is 0. The predicted octanol–water partition coefficient (Wildman–Crippen LogP) is 4.54. The fourth-order valence-corrected chi connectivity index (χ4v) is 3.27. The van der Waals surface area contributed by atoms with Crippen molar-refractivity contribution in [2.24, 2.45) is 0 Å². The van der Waals surface area contributed by atoms with Crippen molar-refractivity contribution in [1.29, 1.82) is 0 Å². The van der Waals surface area contributed by atoms with Gasteiger partial charge in [-0.05, 0) is 23.5 Å². The van der Waals surface area contributed by atoms with E-state index in [2.05, 4.69) is 20.8 Å². The van der Waals surface area contributed by atoms with Crippen molar-refractivity contribution in [3.63, 3.8) is 0 Å². The molecule has 0 unspecified atom stereocenters. The minimum absolute atomic E-state index is 0.00356. The van der Waals surface area contributed by atoms with Crippen LogP contribution in [0.15, 0.2) is 36.4 Å². The Morgan fingerprint density at radius 1 is 0.864 bits per heavy atom. The summed E-state index contributed by atoms with van der Waals surface area (Å²) in [4.78, 5) is 26.0. The van der Waals surface area contributed by atoms with E-state index in [4.69, 9.17) is 0 Å². The zero-order valence-corrected chi connectivity index (χ0v) is 13.3. The van der Waals surface area contributed by atoms with Crippen molar-refractivity contribution in [2.75, 3.05) is 0 Å². The molecule has 0 saturated heterocycles. The van der Waals surface area contributed by atoms with Gasteiger partial charge in [-0.25, -0.2) is 0 Å². The Balaban J connectivity index is 2.34. The highest BCUT2D eigenvalue weighted by Gasteiger charge is 2.33. The molecule has 0 spiro atoms. The average molecular weight is 292 g/mol. The van der Waals surface area contributed by atoms with E-state index in [-0.39, 0.29) is 17.5 Å². The molecule has 3 rings (SSSR count). The molecule has 22 heavy (non-hydrogen) atoms. The summed E-state index contributed by atoms with van der Waals surface area (Å²) in [5, 5.41) is 0. The zero-order chi connectivity index (χ0) is 15.9. The molecule has 2 heteroatoms. The number of ketones is 2. The molecule has 0 amide bonds. The highest BCUT2D eigenvalue weighted by atomic mass is 16.1. The van der Waals surface area contributed by atoms with Crippen LogP contribution >= 0.6 is 0 Å². The molecule has 2 aromatic rings. The predicted molar refractivity (Wildman–Crippen MR) is 87.8 cm³/mol. The van der Waals surface area contributed by atoms with Crippen LogP contribution < -0.4 is 0 Å². The van der Waals surface area contributed by atoms with E-state index in [0.29, 0.717) is 22.3 Å². The third-order valence-corrected chi connectivity index (χ3v) is 4.34. The Kier molecular flexibility index (Phi) is 3.69. The molecular weight excluding hydrogens is 272 g/mol. The van der Waals surface area contributed by atoms with Crippen molar-refractivity contribution < 1.29 is 9.59 Å². The second-order valence-electron chi connectivity index (χ2n) is 6.17. The Bertz CT molecular complexity index is 769. The molecule has 0 aliphatic heterocycles. The molecule has 0 aromatic heterocycles. The molecule has 112 valence electrons. The minimum atomic E-state index is -0.00754. The van der Waals surface area contributed by atoms with Crippen LogP contribution in [-0.2, 0) is 6.42 Å². The number of carbonyl (C=O) groups is 2. The lowest BCUT2D eigenvalue weighted by molar-refractivity contribution is 0.0977. The van der Waals surface area contributed by atoms with Crippen LogP contribution in [0, 0.1) is 0 Å². The largest absolute Gasteiger partial charge is 0.289 e. The summed E-state index contributed by atoms with van der Waals surface area (Å²) in [6, 6.07) is 11.2. The van der Waals surface area contributed by atoms with Gasteiger partial charge in [0.15, 0.2) is 11.6 Å². The molecule has 1 aliphatic rings. The maximum atomic E-state index is 13.0. The van der Waals surface area contributed by atoms with Crippen molar-refractivity contribution in [2.45, 2.75) is 39.5 Å². The van der Waals surface area contributed by atoms with Gasteiger partial charge >= 0.3 is 0 Å². The molecule has 0 radical (unpaired) electrons. The van der Waals surface area contributed by atoms with Gasteiger partial charge in [-0.2, -0.15) is 0 Å². The van der Waals surface area contributed by atoms with Gasteiger partial charge in [-0.15, -0.1) is 0 Å². The van der Waals surface area contributed by atoms with Gasteiger partial charge in [-0.3, -0.25) is 9.59 Å². The number of benzene rings is 2. The first kappa shape index (κ1) is 14.7. The van der Waals surface area contributed by atoms with Crippen LogP contribution in [0.2, 0.25) is 0 Å². The summed E-state index contributed by atoms with van der Waals surface area (Å²) >= 11 is 0. The normalized spacial score (nSPS) is 13.3. The van der Waals surface area contributed by atoms with Crippen molar-refractivity contribution in [3.8, 4) is 0 Å². The molecular formula is C20H20O2. The van der Waals surface area contributed by atoms with Gasteiger partial charge in [-0.1, -0.05) is 63.6 Å².